The number of rotatable bonds is 5. The van der Waals surface area contributed by atoms with Gasteiger partial charge in [-0.15, -0.1) is 5.10 Å². The molecule has 2 aromatic heterocycles. The molecule has 2 N–H and O–H groups in total. The van der Waals surface area contributed by atoms with E-state index in [0.29, 0.717) is 28.2 Å². The number of allylic oxidation sites excluding steroid dienone is 4. The number of nitrogen functional groups attached to an aromatic ring is 1. The van der Waals surface area contributed by atoms with E-state index in [1.807, 2.05) is 0 Å². The van der Waals surface area contributed by atoms with Gasteiger partial charge in [-0.25, -0.2) is 18.4 Å². The maximum atomic E-state index is 14.4. The van der Waals surface area contributed by atoms with Crippen LogP contribution < -0.4 is 15.2 Å². The van der Waals surface area contributed by atoms with E-state index in [-0.39, 0.29) is 18.1 Å². The fourth-order valence-corrected chi connectivity index (χ4v) is 3.27. The molecule has 1 aromatic carbocycles. The van der Waals surface area contributed by atoms with E-state index in [4.69, 9.17) is 15.2 Å². The first kappa shape index (κ1) is 19.5. The van der Waals surface area contributed by atoms with Crippen LogP contribution in [0.4, 0.5) is 14.6 Å². The molecule has 0 saturated heterocycles. The number of benzene rings is 1. The van der Waals surface area contributed by atoms with Crippen LogP contribution in [0.3, 0.4) is 0 Å². The number of anilines is 1. The predicted molar refractivity (Wildman–Crippen MR) is 106 cm³/mol. The van der Waals surface area contributed by atoms with Crippen molar-refractivity contribution in [3.05, 3.63) is 54.3 Å². The Kier molecular flexibility index (Phi) is 5.13. The molecule has 0 radical (unpaired) electrons. The molecule has 0 amide bonds. The number of methoxy groups -OCH3 is 2. The third-order valence-corrected chi connectivity index (χ3v) is 4.81. The van der Waals surface area contributed by atoms with E-state index in [1.165, 1.54) is 10.8 Å². The van der Waals surface area contributed by atoms with Gasteiger partial charge in [0, 0.05) is 17.3 Å². The van der Waals surface area contributed by atoms with Crippen LogP contribution >= 0.6 is 0 Å². The zero-order chi connectivity index (χ0) is 21.3. The lowest BCUT2D eigenvalue weighted by Gasteiger charge is -2.18. The molecular weight excluding hydrogens is 394 g/mol. The Hall–Kier alpha value is -3.82. The number of pyridine rings is 1. The molecule has 4 rings (SSSR count). The van der Waals surface area contributed by atoms with Gasteiger partial charge in [0.15, 0.2) is 17.5 Å². The molecule has 10 heteroatoms. The van der Waals surface area contributed by atoms with Crippen molar-refractivity contribution < 1.29 is 18.3 Å². The molecule has 0 spiro atoms. The van der Waals surface area contributed by atoms with E-state index in [2.05, 4.69) is 20.5 Å². The average molecular weight is 412 g/mol. The molecule has 0 saturated carbocycles. The van der Waals surface area contributed by atoms with Gasteiger partial charge in [0.25, 0.3) is 0 Å². The van der Waals surface area contributed by atoms with E-state index < -0.39 is 17.7 Å². The van der Waals surface area contributed by atoms with Crippen LogP contribution in [-0.2, 0) is 0 Å². The molecule has 3 aromatic rings. The fraction of sp³-hybridized carbons (Fsp3) is 0.200. The Bertz CT molecular complexity index is 1160. The zero-order valence-electron chi connectivity index (χ0n) is 16.2. The Morgan fingerprint density at radius 3 is 2.73 bits per heavy atom. The Balaban J connectivity index is 1.83. The van der Waals surface area contributed by atoms with Crippen molar-refractivity contribution >= 4 is 5.82 Å². The van der Waals surface area contributed by atoms with Gasteiger partial charge >= 0.3 is 0 Å². The third-order valence-electron chi connectivity index (χ3n) is 4.81. The monoisotopic (exact) mass is 412 g/mol. The van der Waals surface area contributed by atoms with Gasteiger partial charge in [0.2, 0.25) is 0 Å². The summed E-state index contributed by atoms with van der Waals surface area (Å²) in [4.78, 5) is 4.24. The van der Waals surface area contributed by atoms with Crippen LogP contribution in [-0.4, -0.2) is 39.4 Å². The Morgan fingerprint density at radius 1 is 1.13 bits per heavy atom. The summed E-state index contributed by atoms with van der Waals surface area (Å²) in [6, 6.07) is 6.05. The van der Waals surface area contributed by atoms with Crippen LogP contribution in [0.1, 0.15) is 12.5 Å². The fourth-order valence-electron chi connectivity index (χ4n) is 3.27. The summed E-state index contributed by atoms with van der Waals surface area (Å²) < 4.78 is 40.1. The van der Waals surface area contributed by atoms with Gasteiger partial charge in [0.05, 0.1) is 19.8 Å². The van der Waals surface area contributed by atoms with Crippen LogP contribution in [0.5, 0.6) is 11.5 Å². The molecule has 2 heterocycles. The minimum absolute atomic E-state index is 0.146. The molecule has 1 unspecified atom stereocenters. The molecule has 1 aliphatic rings. The number of hydrogen-bond acceptors (Lipinski definition) is 7. The van der Waals surface area contributed by atoms with E-state index in [0.717, 1.165) is 6.08 Å². The van der Waals surface area contributed by atoms with Gasteiger partial charge in [-0.3, -0.25) is 0 Å². The number of tetrazole rings is 1. The predicted octanol–water partition coefficient (Wildman–Crippen LogP) is 3.65. The number of aromatic nitrogens is 5. The number of nitrogens with two attached hydrogens (primary N) is 1. The summed E-state index contributed by atoms with van der Waals surface area (Å²) in [7, 11) is 3.12. The first-order valence-electron chi connectivity index (χ1n) is 9.01. The van der Waals surface area contributed by atoms with Crippen molar-refractivity contribution in [2.75, 3.05) is 20.0 Å². The average Bonchev–Trinajstić information content (AvgIpc) is 3.25. The van der Waals surface area contributed by atoms with Crippen LogP contribution in [0.15, 0.2) is 54.3 Å². The SMILES string of the molecule is COc1ccc(OC)c(-c2cnc(N)c(-c3nnnn3C3CC=CC(F)=C3F)c2)c1. The van der Waals surface area contributed by atoms with Crippen molar-refractivity contribution in [3.8, 4) is 34.0 Å². The summed E-state index contributed by atoms with van der Waals surface area (Å²) in [6.07, 6.45) is 4.39. The molecule has 0 aliphatic heterocycles. The summed E-state index contributed by atoms with van der Waals surface area (Å²) in [6.45, 7) is 0. The van der Waals surface area contributed by atoms with Crippen molar-refractivity contribution in [1.82, 2.24) is 25.2 Å². The van der Waals surface area contributed by atoms with Crippen molar-refractivity contribution in [2.24, 2.45) is 0 Å². The highest BCUT2D eigenvalue weighted by atomic mass is 19.2. The van der Waals surface area contributed by atoms with E-state index >= 15 is 0 Å². The van der Waals surface area contributed by atoms with Crippen LogP contribution in [0, 0.1) is 0 Å². The number of nitrogens with zero attached hydrogens (tertiary/aromatic N) is 5. The smallest absolute Gasteiger partial charge is 0.186 e. The van der Waals surface area contributed by atoms with E-state index in [9.17, 15) is 8.78 Å². The minimum atomic E-state index is -1.01. The van der Waals surface area contributed by atoms with Crippen molar-refractivity contribution in [1.29, 1.82) is 0 Å². The molecule has 1 aliphatic carbocycles. The second-order valence-electron chi connectivity index (χ2n) is 6.52. The van der Waals surface area contributed by atoms with Gasteiger partial charge in [-0.2, -0.15) is 0 Å². The van der Waals surface area contributed by atoms with Gasteiger partial charge in [-0.1, -0.05) is 6.08 Å². The second-order valence-corrected chi connectivity index (χ2v) is 6.52. The van der Waals surface area contributed by atoms with Crippen molar-refractivity contribution in [3.63, 3.8) is 0 Å². The highest BCUT2D eigenvalue weighted by molar-refractivity contribution is 5.79. The largest absolute Gasteiger partial charge is 0.497 e. The third kappa shape index (κ3) is 3.36. The normalized spacial score (nSPS) is 16.1. The van der Waals surface area contributed by atoms with E-state index in [1.54, 1.807) is 44.7 Å². The quantitative estimate of drug-likeness (QED) is 0.682. The Labute approximate surface area is 170 Å². The molecule has 1 atom stereocenters. The van der Waals surface area contributed by atoms with Crippen molar-refractivity contribution in [2.45, 2.75) is 12.5 Å². The number of halogens is 2. The molecule has 30 heavy (non-hydrogen) atoms. The van der Waals surface area contributed by atoms with Gasteiger partial charge < -0.3 is 15.2 Å². The highest BCUT2D eigenvalue weighted by Crippen LogP contribution is 2.38. The molecule has 0 bridgehead atoms. The summed E-state index contributed by atoms with van der Waals surface area (Å²) >= 11 is 0. The van der Waals surface area contributed by atoms with Crippen LogP contribution in [0.25, 0.3) is 22.5 Å². The van der Waals surface area contributed by atoms with Gasteiger partial charge in [0.1, 0.15) is 23.4 Å². The standard InChI is InChI=1S/C20H18F2N6O2/c1-29-12-6-7-17(30-2)13(9-12)11-8-14(19(23)24-10-11)20-25-26-27-28(20)16-5-3-4-15(21)18(16)22/h3-4,6-10,16H,5H2,1-2H3,(H2,23,24). The first-order valence-corrected chi connectivity index (χ1v) is 9.01. The lowest BCUT2D eigenvalue weighted by Crippen LogP contribution is -2.15. The summed E-state index contributed by atoms with van der Waals surface area (Å²) in [5, 5.41) is 11.5. The topological polar surface area (TPSA) is 101 Å². The second kappa shape index (κ2) is 7.90. The molecule has 0 fully saturated rings. The molecule has 154 valence electrons. The van der Waals surface area contributed by atoms with Crippen LogP contribution in [0.2, 0.25) is 0 Å². The minimum Gasteiger partial charge on any atom is -0.497 e. The number of ether oxygens (including phenoxy) is 2. The zero-order valence-corrected chi connectivity index (χ0v) is 16.2. The lowest BCUT2D eigenvalue weighted by atomic mass is 10.0. The lowest BCUT2D eigenvalue weighted by molar-refractivity contribution is 0.389. The number of hydrogen-bond donors (Lipinski definition) is 1. The molecular formula is C20H18F2N6O2. The maximum Gasteiger partial charge on any atom is 0.186 e. The Morgan fingerprint density at radius 2 is 1.97 bits per heavy atom. The first-order chi connectivity index (χ1) is 14.5. The maximum absolute atomic E-state index is 14.4. The summed E-state index contributed by atoms with van der Waals surface area (Å²) in [5.74, 6) is -0.344. The molecule has 8 nitrogen and oxygen atoms in total. The highest BCUT2D eigenvalue weighted by Gasteiger charge is 2.27. The summed E-state index contributed by atoms with van der Waals surface area (Å²) in [5.41, 5.74) is 7.83. The van der Waals surface area contributed by atoms with Gasteiger partial charge in [-0.05, 0) is 47.2 Å².